The van der Waals surface area contributed by atoms with Crippen LogP contribution in [0, 0.1) is 0 Å². The summed E-state index contributed by atoms with van der Waals surface area (Å²) in [6, 6.07) is 58.5. The van der Waals surface area contributed by atoms with Gasteiger partial charge in [0, 0.05) is 17.7 Å². The van der Waals surface area contributed by atoms with E-state index >= 15 is 0 Å². The van der Waals surface area contributed by atoms with Gasteiger partial charge in [-0.25, -0.2) is 19.2 Å². The topological polar surface area (TPSA) is 168 Å². The summed E-state index contributed by atoms with van der Waals surface area (Å²) in [4.78, 5) is 64.8. The van der Waals surface area contributed by atoms with Crippen molar-refractivity contribution in [2.45, 2.75) is 13.2 Å². The van der Waals surface area contributed by atoms with Crippen LogP contribution < -0.4 is 42.6 Å². The molecule has 9 aromatic rings. The summed E-state index contributed by atoms with van der Waals surface area (Å²) in [6.07, 6.45) is 0.559. The van der Waals surface area contributed by atoms with E-state index in [-0.39, 0.29) is 52.0 Å². The zero-order chi connectivity index (χ0) is 54.4. The predicted octanol–water partition coefficient (Wildman–Crippen LogP) is 12.9. The summed E-state index contributed by atoms with van der Waals surface area (Å²) in [6.45, 7) is 0.534. The second kappa shape index (κ2) is 24.7. The lowest BCUT2D eigenvalue weighted by Crippen LogP contribution is -2.12. The minimum atomic E-state index is -0.751. The van der Waals surface area contributed by atoms with Crippen molar-refractivity contribution in [3.05, 3.63) is 245 Å². The molecule has 9 rings (SSSR count). The van der Waals surface area contributed by atoms with Gasteiger partial charge in [0.2, 0.25) is 0 Å². The molecule has 0 radical (unpaired) electrons. The third kappa shape index (κ3) is 12.9. The van der Waals surface area contributed by atoms with Crippen molar-refractivity contribution < 1.29 is 66.6 Å². The number of aldehydes is 1. The van der Waals surface area contributed by atoms with Crippen LogP contribution in [-0.2, 0) is 13.2 Å². The van der Waals surface area contributed by atoms with Crippen LogP contribution in [0.1, 0.15) is 62.9 Å². The molecule has 0 aliphatic carbocycles. The van der Waals surface area contributed by atoms with Crippen LogP contribution in [0.5, 0.6) is 51.7 Å². The third-order valence-electron chi connectivity index (χ3n) is 12.1. The Labute approximate surface area is 448 Å². The molecule has 0 unspecified atom stereocenters. The first kappa shape index (κ1) is 52.4. The Morgan fingerprint density at radius 1 is 0.346 bits per heavy atom. The number of carbonyl (C=O) groups excluding carboxylic acids is 5. The van der Waals surface area contributed by atoms with Gasteiger partial charge in [-0.3, -0.25) is 4.79 Å². The molecule has 0 atom stereocenters. The SMILES string of the molecule is COc1cc(C(=O)Oc2ccc(-c3ccc(C(=O)Oc4ccc(OC(=O)c5ccc(-c6ccc(OC(=O)c7cc(OC)c(OCc8ccccc8)cc7OC)cc6)cc5)cc4)cc3)cc2)c(C=O)cc1OCc1ccccc1. The van der Waals surface area contributed by atoms with Gasteiger partial charge < -0.3 is 42.6 Å². The number of hydrogen-bond donors (Lipinski definition) is 0. The quantitative estimate of drug-likeness (QED) is 0.0401. The molecule has 0 spiro atoms. The zero-order valence-electron chi connectivity index (χ0n) is 42.3. The first-order valence-electron chi connectivity index (χ1n) is 24.2. The molecule has 0 aliphatic rings. The Morgan fingerprint density at radius 3 is 1.06 bits per heavy atom. The number of carbonyl (C=O) groups is 5. The Hall–Kier alpha value is -10.5. The highest BCUT2D eigenvalue weighted by molar-refractivity contribution is 6.00. The van der Waals surface area contributed by atoms with E-state index < -0.39 is 23.9 Å². The smallest absolute Gasteiger partial charge is 0.347 e. The largest absolute Gasteiger partial charge is 0.496 e. The lowest BCUT2D eigenvalue weighted by atomic mass is 10.0. The first-order valence-corrected chi connectivity index (χ1v) is 24.2. The summed E-state index contributed by atoms with van der Waals surface area (Å²) in [5.74, 6) is 0.0371. The molecular formula is C64H48O14. The summed E-state index contributed by atoms with van der Waals surface area (Å²) >= 11 is 0. The lowest BCUT2D eigenvalue weighted by molar-refractivity contribution is 0.0719. The van der Waals surface area contributed by atoms with Gasteiger partial charge in [-0.15, -0.1) is 0 Å². The maximum atomic E-state index is 13.3. The van der Waals surface area contributed by atoms with E-state index in [9.17, 15) is 24.0 Å². The second-order valence-electron chi connectivity index (χ2n) is 17.2. The number of methoxy groups -OCH3 is 3. The first-order chi connectivity index (χ1) is 38.1. The molecule has 0 heterocycles. The second-order valence-corrected chi connectivity index (χ2v) is 17.2. The van der Waals surface area contributed by atoms with E-state index in [1.807, 2.05) is 60.7 Å². The molecule has 0 aromatic heterocycles. The van der Waals surface area contributed by atoms with Crippen LogP contribution in [0.15, 0.2) is 206 Å². The van der Waals surface area contributed by atoms with Crippen LogP contribution >= 0.6 is 0 Å². The van der Waals surface area contributed by atoms with Crippen molar-refractivity contribution in [1.82, 2.24) is 0 Å². The summed E-state index contributed by atoms with van der Waals surface area (Å²) < 4.78 is 50.8. The van der Waals surface area contributed by atoms with Crippen molar-refractivity contribution in [2.75, 3.05) is 21.3 Å². The average Bonchev–Trinajstić information content (AvgIpc) is 3.53. The lowest BCUT2D eigenvalue weighted by Gasteiger charge is -2.15. The maximum Gasteiger partial charge on any atom is 0.347 e. The fourth-order valence-corrected chi connectivity index (χ4v) is 7.99. The number of ether oxygens (including phenoxy) is 9. The fraction of sp³-hybridized carbons (Fsp3) is 0.0781. The standard InChI is InChI=1S/C64H48O14/c1-70-56-37-60(74-40-42-12-8-5-9-13-42)58(72-3)36-55(56)64(69)78-51-28-24-46(25-29-51)44-16-20-48(21-17-44)62(67)76-53-32-30-52(31-33-53)75-61(66)47-18-14-43(15-19-47)45-22-26-50(27-23-45)77-63(68)54-35-57(71-2)59(34-49(54)38-65)73-39-41-10-6-4-7-11-41/h4-38H,39-40H2,1-3H3. The summed E-state index contributed by atoms with van der Waals surface area (Å²) in [5, 5.41) is 0. The molecular weight excluding hydrogens is 993 g/mol. The molecule has 0 aliphatic heterocycles. The van der Waals surface area contributed by atoms with Gasteiger partial charge in [0.25, 0.3) is 0 Å². The van der Waals surface area contributed by atoms with E-state index in [0.717, 1.165) is 33.4 Å². The average molecular weight is 1040 g/mol. The number of hydrogen-bond acceptors (Lipinski definition) is 14. The molecule has 0 N–H and O–H groups in total. The summed E-state index contributed by atoms with van der Waals surface area (Å²) in [7, 11) is 4.38. The fourth-order valence-electron chi connectivity index (χ4n) is 7.99. The van der Waals surface area contributed by atoms with E-state index in [1.54, 1.807) is 103 Å². The molecule has 0 fully saturated rings. The van der Waals surface area contributed by atoms with Crippen LogP contribution in [-0.4, -0.2) is 51.5 Å². The molecule has 78 heavy (non-hydrogen) atoms. The predicted molar refractivity (Wildman–Crippen MR) is 290 cm³/mol. The highest BCUT2D eigenvalue weighted by atomic mass is 16.6. The van der Waals surface area contributed by atoms with Crippen LogP contribution in [0.2, 0.25) is 0 Å². The molecule has 0 saturated carbocycles. The van der Waals surface area contributed by atoms with Crippen molar-refractivity contribution in [3.63, 3.8) is 0 Å². The number of rotatable bonds is 20. The highest BCUT2D eigenvalue weighted by Crippen LogP contribution is 2.37. The molecule has 0 amide bonds. The van der Waals surface area contributed by atoms with Gasteiger partial charge in [0.15, 0.2) is 29.3 Å². The van der Waals surface area contributed by atoms with Gasteiger partial charge in [-0.2, -0.15) is 0 Å². The van der Waals surface area contributed by atoms with Crippen molar-refractivity contribution in [2.24, 2.45) is 0 Å². The molecule has 14 heteroatoms. The van der Waals surface area contributed by atoms with Gasteiger partial charge >= 0.3 is 23.9 Å². The molecule has 14 nitrogen and oxygen atoms in total. The monoisotopic (exact) mass is 1040 g/mol. The van der Waals surface area contributed by atoms with E-state index in [4.69, 9.17) is 42.6 Å². The Bertz CT molecular complexity index is 3560. The minimum absolute atomic E-state index is 0.0134. The van der Waals surface area contributed by atoms with Crippen molar-refractivity contribution >= 4 is 30.2 Å². The van der Waals surface area contributed by atoms with E-state index in [0.29, 0.717) is 47.0 Å². The summed E-state index contributed by atoms with van der Waals surface area (Å²) in [5.41, 5.74) is 5.93. The zero-order valence-corrected chi connectivity index (χ0v) is 42.3. The normalized spacial score (nSPS) is 10.6. The van der Waals surface area contributed by atoms with Crippen molar-refractivity contribution in [3.8, 4) is 74.0 Å². The number of esters is 4. The molecule has 0 saturated heterocycles. The minimum Gasteiger partial charge on any atom is -0.496 e. The van der Waals surface area contributed by atoms with E-state index in [2.05, 4.69) is 0 Å². The molecule has 9 aromatic carbocycles. The highest BCUT2D eigenvalue weighted by Gasteiger charge is 2.22. The maximum absolute atomic E-state index is 13.3. The van der Waals surface area contributed by atoms with Gasteiger partial charge in [-0.05, 0) is 118 Å². The van der Waals surface area contributed by atoms with Gasteiger partial charge in [0.1, 0.15) is 47.5 Å². The molecule has 0 bridgehead atoms. The Kier molecular flexibility index (Phi) is 16.6. The van der Waals surface area contributed by atoms with Crippen molar-refractivity contribution in [1.29, 1.82) is 0 Å². The van der Waals surface area contributed by atoms with Crippen LogP contribution in [0.25, 0.3) is 22.3 Å². The van der Waals surface area contributed by atoms with E-state index in [1.165, 1.54) is 63.8 Å². The third-order valence-corrected chi connectivity index (χ3v) is 12.1. The van der Waals surface area contributed by atoms with Crippen LogP contribution in [0.3, 0.4) is 0 Å². The van der Waals surface area contributed by atoms with Gasteiger partial charge in [-0.1, -0.05) is 109 Å². The Morgan fingerprint density at radius 2 is 0.679 bits per heavy atom. The van der Waals surface area contributed by atoms with Crippen LogP contribution in [0.4, 0.5) is 0 Å². The van der Waals surface area contributed by atoms with Gasteiger partial charge in [0.05, 0.1) is 38.0 Å². The Balaban J connectivity index is 0.741. The molecule has 388 valence electrons. The number of benzene rings is 9.